The molecule has 52 valence electrons. The second kappa shape index (κ2) is 2.82. The van der Waals surface area contributed by atoms with E-state index in [4.69, 9.17) is 4.74 Å². The third kappa shape index (κ3) is 1.42. The summed E-state index contributed by atoms with van der Waals surface area (Å²) < 4.78 is 4.76. The number of carbonyl (C=O) groups excluding carboxylic acids is 1. The van der Waals surface area contributed by atoms with Gasteiger partial charge in [0.2, 0.25) is 0 Å². The first-order valence-electron chi connectivity index (χ1n) is 3.14. The van der Waals surface area contributed by atoms with Crippen molar-refractivity contribution in [1.82, 2.24) is 4.90 Å². The van der Waals surface area contributed by atoms with Crippen molar-refractivity contribution in [3.05, 3.63) is 0 Å². The summed E-state index contributed by atoms with van der Waals surface area (Å²) in [5.41, 5.74) is 0. The van der Waals surface area contributed by atoms with E-state index in [0.717, 1.165) is 19.4 Å². The minimum atomic E-state index is 0.0440. The smallest absolute Gasteiger partial charge is 0.294 e. The SMILES string of the molecule is CN1CCC[C@H]1OC=O. The molecule has 0 saturated carbocycles. The van der Waals surface area contributed by atoms with Crippen LogP contribution in [0, 0.1) is 0 Å². The van der Waals surface area contributed by atoms with Crippen molar-refractivity contribution < 1.29 is 9.53 Å². The van der Waals surface area contributed by atoms with E-state index in [2.05, 4.69) is 0 Å². The molecule has 1 fully saturated rings. The highest BCUT2D eigenvalue weighted by Gasteiger charge is 2.20. The summed E-state index contributed by atoms with van der Waals surface area (Å²) in [6, 6.07) is 0. The highest BCUT2D eigenvalue weighted by Crippen LogP contribution is 2.14. The molecule has 1 heterocycles. The average molecular weight is 129 g/mol. The van der Waals surface area contributed by atoms with E-state index >= 15 is 0 Å². The van der Waals surface area contributed by atoms with Crippen molar-refractivity contribution in [3.8, 4) is 0 Å². The second-order valence-electron chi connectivity index (χ2n) is 2.31. The molecular weight excluding hydrogens is 118 g/mol. The van der Waals surface area contributed by atoms with Crippen molar-refractivity contribution in [3.63, 3.8) is 0 Å². The molecule has 0 aromatic carbocycles. The molecule has 0 radical (unpaired) electrons. The van der Waals surface area contributed by atoms with Crippen LogP contribution in [0.5, 0.6) is 0 Å². The van der Waals surface area contributed by atoms with E-state index < -0.39 is 0 Å². The predicted octanol–water partition coefficient (Wildman–Crippen LogP) is 0.211. The minimum Gasteiger partial charge on any atom is -0.449 e. The number of rotatable bonds is 2. The third-order valence-electron chi connectivity index (χ3n) is 1.67. The Labute approximate surface area is 54.6 Å². The Morgan fingerprint density at radius 2 is 2.56 bits per heavy atom. The molecule has 1 aliphatic heterocycles. The van der Waals surface area contributed by atoms with Gasteiger partial charge in [0, 0.05) is 6.54 Å². The van der Waals surface area contributed by atoms with Gasteiger partial charge in [-0.05, 0) is 19.9 Å². The van der Waals surface area contributed by atoms with Gasteiger partial charge in [-0.3, -0.25) is 9.69 Å². The molecule has 1 rings (SSSR count). The Bertz CT molecular complexity index is 105. The number of hydrogen-bond acceptors (Lipinski definition) is 3. The zero-order chi connectivity index (χ0) is 6.69. The molecule has 0 amide bonds. The van der Waals surface area contributed by atoms with Gasteiger partial charge in [-0.25, -0.2) is 0 Å². The minimum absolute atomic E-state index is 0.0440. The van der Waals surface area contributed by atoms with Gasteiger partial charge in [0.1, 0.15) is 0 Å². The van der Waals surface area contributed by atoms with Crippen molar-refractivity contribution in [2.45, 2.75) is 19.1 Å². The zero-order valence-corrected chi connectivity index (χ0v) is 5.54. The van der Waals surface area contributed by atoms with E-state index in [0.29, 0.717) is 6.47 Å². The van der Waals surface area contributed by atoms with Crippen LogP contribution in [0.2, 0.25) is 0 Å². The fourth-order valence-corrected chi connectivity index (χ4v) is 1.12. The van der Waals surface area contributed by atoms with Crippen LogP contribution in [0.15, 0.2) is 0 Å². The van der Waals surface area contributed by atoms with Crippen LogP contribution in [-0.4, -0.2) is 31.2 Å². The van der Waals surface area contributed by atoms with Crippen LogP contribution < -0.4 is 0 Å². The number of ether oxygens (including phenoxy) is 1. The summed E-state index contributed by atoms with van der Waals surface area (Å²) >= 11 is 0. The summed E-state index contributed by atoms with van der Waals surface area (Å²) in [6.07, 6.45) is 2.16. The largest absolute Gasteiger partial charge is 0.449 e. The highest BCUT2D eigenvalue weighted by atomic mass is 16.5. The molecular formula is C6H11NO2. The van der Waals surface area contributed by atoms with Gasteiger partial charge < -0.3 is 4.74 Å². The van der Waals surface area contributed by atoms with Crippen LogP contribution in [-0.2, 0) is 9.53 Å². The number of likely N-dealkylation sites (tertiary alicyclic amines) is 1. The molecule has 0 N–H and O–H groups in total. The number of carbonyl (C=O) groups is 1. The van der Waals surface area contributed by atoms with Crippen LogP contribution >= 0.6 is 0 Å². The van der Waals surface area contributed by atoms with E-state index in [1.54, 1.807) is 0 Å². The molecule has 0 unspecified atom stereocenters. The van der Waals surface area contributed by atoms with Gasteiger partial charge in [-0.1, -0.05) is 0 Å². The molecule has 0 bridgehead atoms. The van der Waals surface area contributed by atoms with Crippen LogP contribution in [0.4, 0.5) is 0 Å². The first-order valence-corrected chi connectivity index (χ1v) is 3.14. The third-order valence-corrected chi connectivity index (χ3v) is 1.67. The fourth-order valence-electron chi connectivity index (χ4n) is 1.12. The predicted molar refractivity (Wildman–Crippen MR) is 32.8 cm³/mol. The van der Waals surface area contributed by atoms with Crippen LogP contribution in [0.1, 0.15) is 12.8 Å². The Kier molecular flexibility index (Phi) is 2.05. The molecule has 0 aromatic rings. The lowest BCUT2D eigenvalue weighted by molar-refractivity contribution is -0.139. The molecule has 3 nitrogen and oxygen atoms in total. The van der Waals surface area contributed by atoms with Gasteiger partial charge in [0.15, 0.2) is 6.23 Å². The molecule has 1 atom stereocenters. The molecule has 1 saturated heterocycles. The summed E-state index contributed by atoms with van der Waals surface area (Å²) in [6.45, 7) is 1.56. The monoisotopic (exact) mass is 129 g/mol. The molecule has 0 aliphatic carbocycles. The van der Waals surface area contributed by atoms with E-state index in [9.17, 15) is 4.79 Å². The van der Waals surface area contributed by atoms with Gasteiger partial charge >= 0.3 is 0 Å². The first-order chi connectivity index (χ1) is 4.34. The summed E-state index contributed by atoms with van der Waals surface area (Å²) in [7, 11) is 1.96. The number of nitrogens with zero attached hydrogens (tertiary/aromatic N) is 1. The topological polar surface area (TPSA) is 29.5 Å². The quantitative estimate of drug-likeness (QED) is 0.499. The second-order valence-corrected chi connectivity index (χ2v) is 2.31. The van der Waals surface area contributed by atoms with Gasteiger partial charge in [0.25, 0.3) is 6.47 Å². The lowest BCUT2D eigenvalue weighted by atomic mass is 10.4. The van der Waals surface area contributed by atoms with Crippen molar-refractivity contribution in [2.24, 2.45) is 0 Å². The van der Waals surface area contributed by atoms with E-state index in [-0.39, 0.29) is 6.23 Å². The highest BCUT2D eigenvalue weighted by molar-refractivity contribution is 5.37. The van der Waals surface area contributed by atoms with Gasteiger partial charge in [-0.15, -0.1) is 0 Å². The summed E-state index contributed by atoms with van der Waals surface area (Å²) in [5, 5.41) is 0. The normalized spacial score (nSPS) is 28.3. The Hall–Kier alpha value is -0.570. The Morgan fingerprint density at radius 3 is 3.00 bits per heavy atom. The molecule has 3 heteroatoms. The Balaban J connectivity index is 2.30. The molecule has 0 spiro atoms. The van der Waals surface area contributed by atoms with Gasteiger partial charge in [0.05, 0.1) is 0 Å². The lowest BCUT2D eigenvalue weighted by Crippen LogP contribution is -2.26. The standard InChI is InChI=1S/C6H11NO2/c1-7-4-2-3-6(7)9-5-8/h5-6H,2-4H2,1H3/t6-/m1/s1. The van der Waals surface area contributed by atoms with Crippen molar-refractivity contribution in [2.75, 3.05) is 13.6 Å². The maximum atomic E-state index is 9.86. The van der Waals surface area contributed by atoms with Crippen molar-refractivity contribution in [1.29, 1.82) is 0 Å². The molecule has 9 heavy (non-hydrogen) atoms. The fraction of sp³-hybridized carbons (Fsp3) is 0.833. The summed E-state index contributed by atoms with van der Waals surface area (Å²) in [4.78, 5) is 11.9. The van der Waals surface area contributed by atoms with Gasteiger partial charge in [-0.2, -0.15) is 0 Å². The van der Waals surface area contributed by atoms with E-state index in [1.807, 2.05) is 11.9 Å². The Morgan fingerprint density at radius 1 is 1.78 bits per heavy atom. The maximum Gasteiger partial charge on any atom is 0.294 e. The number of hydrogen-bond donors (Lipinski definition) is 0. The van der Waals surface area contributed by atoms with E-state index in [1.165, 1.54) is 0 Å². The zero-order valence-electron chi connectivity index (χ0n) is 5.54. The van der Waals surface area contributed by atoms with Crippen LogP contribution in [0.25, 0.3) is 0 Å². The van der Waals surface area contributed by atoms with Crippen LogP contribution in [0.3, 0.4) is 0 Å². The first kappa shape index (κ1) is 6.55. The maximum absolute atomic E-state index is 9.86. The molecule has 1 aliphatic rings. The van der Waals surface area contributed by atoms with Crippen molar-refractivity contribution >= 4 is 6.47 Å². The lowest BCUT2D eigenvalue weighted by Gasteiger charge is -2.16. The molecule has 0 aromatic heterocycles. The average Bonchev–Trinajstić information content (AvgIpc) is 2.18. The summed E-state index contributed by atoms with van der Waals surface area (Å²) in [5.74, 6) is 0.